The van der Waals surface area contributed by atoms with Crippen LogP contribution >= 0.6 is 11.3 Å². The van der Waals surface area contributed by atoms with E-state index in [1.165, 1.54) is 9.75 Å². The van der Waals surface area contributed by atoms with Gasteiger partial charge in [-0.25, -0.2) is 0 Å². The van der Waals surface area contributed by atoms with E-state index in [0.29, 0.717) is 12.6 Å². The summed E-state index contributed by atoms with van der Waals surface area (Å²) in [6.07, 6.45) is 0. The van der Waals surface area contributed by atoms with E-state index >= 15 is 0 Å². The average Bonchev–Trinajstić information content (AvgIpc) is 2.68. The molecule has 84 valence electrons. The molecule has 0 spiro atoms. The first-order valence-electron chi connectivity index (χ1n) is 5.39. The fourth-order valence-electron chi connectivity index (χ4n) is 1.97. The lowest BCUT2D eigenvalue weighted by molar-refractivity contribution is 0.0186. The number of hydrogen-bond donors (Lipinski definition) is 1. The van der Waals surface area contributed by atoms with E-state index in [4.69, 9.17) is 10.5 Å². The van der Waals surface area contributed by atoms with Crippen LogP contribution in [0.5, 0.6) is 0 Å². The molecule has 0 radical (unpaired) electrons. The van der Waals surface area contributed by atoms with Crippen molar-refractivity contribution in [3.63, 3.8) is 0 Å². The summed E-state index contributed by atoms with van der Waals surface area (Å²) in [6, 6.07) is 4.75. The lowest BCUT2D eigenvalue weighted by Gasteiger charge is -2.33. The Morgan fingerprint density at radius 3 is 2.73 bits per heavy atom. The normalized spacial score (nSPS) is 20.4. The molecule has 0 bridgehead atoms. The van der Waals surface area contributed by atoms with Gasteiger partial charge in [-0.3, -0.25) is 4.90 Å². The maximum atomic E-state index is 5.87. The summed E-state index contributed by atoms with van der Waals surface area (Å²) in [7, 11) is 0. The number of nitrogens with zero attached hydrogens (tertiary/aromatic N) is 1. The first-order valence-corrected chi connectivity index (χ1v) is 6.21. The molecule has 0 saturated carbocycles. The fourth-order valence-corrected chi connectivity index (χ4v) is 2.99. The first-order chi connectivity index (χ1) is 7.31. The van der Waals surface area contributed by atoms with Crippen LogP contribution in [-0.2, 0) is 4.74 Å². The van der Waals surface area contributed by atoms with Gasteiger partial charge in [-0.2, -0.15) is 0 Å². The standard InChI is InChI=1S/C11H18N2OS/c1-9-2-3-11(15-9)10(8-12)13-4-6-14-7-5-13/h2-3,10H,4-8,12H2,1H3/t10-/m0/s1. The van der Waals surface area contributed by atoms with Gasteiger partial charge in [0.1, 0.15) is 0 Å². The summed E-state index contributed by atoms with van der Waals surface area (Å²) in [5.41, 5.74) is 5.87. The Morgan fingerprint density at radius 1 is 1.47 bits per heavy atom. The van der Waals surface area contributed by atoms with Crippen LogP contribution < -0.4 is 5.73 Å². The van der Waals surface area contributed by atoms with Gasteiger partial charge in [-0.1, -0.05) is 0 Å². The average molecular weight is 226 g/mol. The van der Waals surface area contributed by atoms with Crippen LogP contribution in [0.1, 0.15) is 15.8 Å². The van der Waals surface area contributed by atoms with Crippen molar-refractivity contribution < 1.29 is 4.74 Å². The summed E-state index contributed by atoms with van der Waals surface area (Å²) in [6.45, 7) is 6.50. The van der Waals surface area contributed by atoms with Crippen molar-refractivity contribution in [3.8, 4) is 0 Å². The molecule has 2 heterocycles. The van der Waals surface area contributed by atoms with Crippen molar-refractivity contribution in [1.29, 1.82) is 0 Å². The van der Waals surface area contributed by atoms with Gasteiger partial charge in [0.2, 0.25) is 0 Å². The molecule has 0 aliphatic carbocycles. The van der Waals surface area contributed by atoms with Crippen molar-refractivity contribution in [3.05, 3.63) is 21.9 Å². The summed E-state index contributed by atoms with van der Waals surface area (Å²) in [5, 5.41) is 0. The molecule has 4 heteroatoms. The Balaban J connectivity index is 2.08. The number of hydrogen-bond acceptors (Lipinski definition) is 4. The van der Waals surface area contributed by atoms with Crippen LogP contribution in [0, 0.1) is 6.92 Å². The lowest BCUT2D eigenvalue weighted by Crippen LogP contribution is -2.41. The number of ether oxygens (including phenoxy) is 1. The SMILES string of the molecule is Cc1ccc([C@H](CN)N2CCOCC2)s1. The van der Waals surface area contributed by atoms with E-state index in [-0.39, 0.29) is 0 Å². The van der Waals surface area contributed by atoms with Crippen LogP contribution in [0.15, 0.2) is 12.1 Å². The molecular weight excluding hydrogens is 208 g/mol. The highest BCUT2D eigenvalue weighted by Gasteiger charge is 2.22. The van der Waals surface area contributed by atoms with E-state index in [2.05, 4.69) is 24.0 Å². The maximum absolute atomic E-state index is 5.87. The van der Waals surface area contributed by atoms with Gasteiger partial charge in [-0.05, 0) is 19.1 Å². The second kappa shape index (κ2) is 5.07. The summed E-state index contributed by atoms with van der Waals surface area (Å²) in [5.74, 6) is 0. The monoisotopic (exact) mass is 226 g/mol. The number of nitrogens with two attached hydrogens (primary N) is 1. The molecular formula is C11H18N2OS. The first kappa shape index (κ1) is 11.1. The van der Waals surface area contributed by atoms with Crippen LogP contribution in [0.4, 0.5) is 0 Å². The highest BCUT2D eigenvalue weighted by Crippen LogP contribution is 2.27. The molecule has 1 fully saturated rings. The van der Waals surface area contributed by atoms with Crippen molar-refractivity contribution in [2.45, 2.75) is 13.0 Å². The molecule has 2 N–H and O–H groups in total. The minimum absolute atomic E-state index is 0.382. The number of rotatable bonds is 3. The summed E-state index contributed by atoms with van der Waals surface area (Å²) >= 11 is 1.85. The minimum atomic E-state index is 0.382. The third-order valence-electron chi connectivity index (χ3n) is 2.80. The molecule has 1 saturated heterocycles. The smallest absolute Gasteiger partial charge is 0.0594 e. The van der Waals surface area contributed by atoms with Gasteiger partial charge in [0, 0.05) is 29.4 Å². The minimum Gasteiger partial charge on any atom is -0.379 e. The van der Waals surface area contributed by atoms with Gasteiger partial charge in [0.05, 0.1) is 19.3 Å². The van der Waals surface area contributed by atoms with Crippen molar-refractivity contribution in [2.24, 2.45) is 5.73 Å². The third-order valence-corrected chi connectivity index (χ3v) is 3.90. The van der Waals surface area contributed by atoms with Gasteiger partial charge >= 0.3 is 0 Å². The van der Waals surface area contributed by atoms with Crippen LogP contribution in [0.2, 0.25) is 0 Å². The molecule has 2 rings (SSSR count). The third kappa shape index (κ3) is 2.58. The van der Waals surface area contributed by atoms with Crippen LogP contribution in [-0.4, -0.2) is 37.7 Å². The second-order valence-electron chi connectivity index (χ2n) is 3.85. The lowest BCUT2D eigenvalue weighted by atomic mass is 10.2. The van der Waals surface area contributed by atoms with Crippen LogP contribution in [0.25, 0.3) is 0 Å². The molecule has 1 aromatic rings. The fraction of sp³-hybridized carbons (Fsp3) is 0.636. The number of morpholine rings is 1. The maximum Gasteiger partial charge on any atom is 0.0594 e. The molecule has 1 aromatic heterocycles. The molecule has 1 atom stereocenters. The van der Waals surface area contributed by atoms with E-state index in [1.807, 2.05) is 11.3 Å². The highest BCUT2D eigenvalue weighted by atomic mass is 32.1. The number of thiophene rings is 1. The Hall–Kier alpha value is -0.420. The van der Waals surface area contributed by atoms with Gasteiger partial charge in [-0.15, -0.1) is 11.3 Å². The van der Waals surface area contributed by atoms with E-state index in [0.717, 1.165) is 26.3 Å². The van der Waals surface area contributed by atoms with Crippen LogP contribution in [0.3, 0.4) is 0 Å². The highest BCUT2D eigenvalue weighted by molar-refractivity contribution is 7.12. The Kier molecular flexibility index (Phi) is 3.75. The molecule has 3 nitrogen and oxygen atoms in total. The largest absolute Gasteiger partial charge is 0.379 e. The zero-order valence-electron chi connectivity index (χ0n) is 9.11. The van der Waals surface area contributed by atoms with E-state index < -0.39 is 0 Å². The van der Waals surface area contributed by atoms with Crippen molar-refractivity contribution in [2.75, 3.05) is 32.8 Å². The molecule has 0 aromatic carbocycles. The predicted octanol–water partition coefficient (Wildman–Crippen LogP) is 1.39. The summed E-state index contributed by atoms with van der Waals surface area (Å²) < 4.78 is 5.36. The Labute approximate surface area is 94.8 Å². The van der Waals surface area contributed by atoms with Gasteiger partial charge in [0.15, 0.2) is 0 Å². The molecule has 1 aliphatic rings. The molecule has 15 heavy (non-hydrogen) atoms. The molecule has 0 amide bonds. The van der Waals surface area contributed by atoms with Gasteiger partial charge < -0.3 is 10.5 Å². The van der Waals surface area contributed by atoms with Gasteiger partial charge in [0.25, 0.3) is 0 Å². The van der Waals surface area contributed by atoms with E-state index in [1.54, 1.807) is 0 Å². The topological polar surface area (TPSA) is 38.5 Å². The predicted molar refractivity (Wildman–Crippen MR) is 63.2 cm³/mol. The quantitative estimate of drug-likeness (QED) is 0.846. The second-order valence-corrected chi connectivity index (χ2v) is 5.17. The van der Waals surface area contributed by atoms with E-state index in [9.17, 15) is 0 Å². The van der Waals surface area contributed by atoms with Crippen molar-refractivity contribution in [1.82, 2.24) is 4.90 Å². The van der Waals surface area contributed by atoms with Crippen molar-refractivity contribution >= 4 is 11.3 Å². The number of aryl methyl sites for hydroxylation is 1. The Bertz CT molecular complexity index is 307. The summed E-state index contributed by atoms with van der Waals surface area (Å²) in [4.78, 5) is 5.17. The zero-order chi connectivity index (χ0) is 10.7. The molecule has 1 aliphatic heterocycles. The molecule has 0 unspecified atom stereocenters. The Morgan fingerprint density at radius 2 is 2.20 bits per heavy atom. The zero-order valence-corrected chi connectivity index (χ0v) is 9.93.